The SMILES string of the molecule is Cc1nc(-c2cccc(F)c2O)n(CCc2ccccc2)c(=O)c1-c1ccc(-c2ccccn2)s1. The van der Waals surface area contributed by atoms with Gasteiger partial charge < -0.3 is 5.11 Å². The minimum Gasteiger partial charge on any atom is -0.504 e. The van der Waals surface area contributed by atoms with Gasteiger partial charge in [-0.25, -0.2) is 9.37 Å². The fourth-order valence-electron chi connectivity index (χ4n) is 4.06. The lowest BCUT2D eigenvalue weighted by atomic mass is 10.1. The topological polar surface area (TPSA) is 68.0 Å². The quantitative estimate of drug-likeness (QED) is 0.317. The first-order valence-electron chi connectivity index (χ1n) is 11.2. The van der Waals surface area contributed by atoms with Gasteiger partial charge in [-0.2, -0.15) is 0 Å². The Morgan fingerprint density at radius 2 is 1.71 bits per heavy atom. The summed E-state index contributed by atoms with van der Waals surface area (Å²) in [5.74, 6) is -1.04. The van der Waals surface area contributed by atoms with Gasteiger partial charge >= 0.3 is 0 Å². The van der Waals surface area contributed by atoms with Crippen molar-refractivity contribution in [1.29, 1.82) is 0 Å². The first-order valence-corrected chi connectivity index (χ1v) is 12.0. The number of thiophene rings is 1. The van der Waals surface area contributed by atoms with Crippen molar-refractivity contribution >= 4 is 11.3 Å². The maximum atomic E-state index is 14.2. The third-order valence-corrected chi connectivity index (χ3v) is 6.94. The molecule has 1 N–H and O–H groups in total. The number of benzene rings is 2. The van der Waals surface area contributed by atoms with E-state index in [2.05, 4.69) is 4.98 Å². The van der Waals surface area contributed by atoms with E-state index in [1.807, 2.05) is 60.7 Å². The maximum Gasteiger partial charge on any atom is 0.262 e. The number of aromatic hydroxyl groups is 1. The van der Waals surface area contributed by atoms with Crippen molar-refractivity contribution in [3.8, 4) is 38.1 Å². The molecular weight excluding hydrogens is 461 g/mol. The molecule has 0 fully saturated rings. The average Bonchev–Trinajstić information content (AvgIpc) is 3.36. The molecule has 174 valence electrons. The summed E-state index contributed by atoms with van der Waals surface area (Å²) in [6, 6.07) is 23.6. The molecule has 0 unspecified atom stereocenters. The van der Waals surface area contributed by atoms with Crippen molar-refractivity contribution in [2.45, 2.75) is 19.9 Å². The molecule has 0 aliphatic heterocycles. The highest BCUT2D eigenvalue weighted by Gasteiger charge is 2.21. The molecule has 0 amide bonds. The van der Waals surface area contributed by atoms with Gasteiger partial charge in [-0.1, -0.05) is 42.5 Å². The predicted molar refractivity (Wildman–Crippen MR) is 137 cm³/mol. The Morgan fingerprint density at radius 3 is 2.49 bits per heavy atom. The number of phenolic OH excluding ortho intramolecular Hbond substituents is 1. The molecule has 0 atom stereocenters. The standard InChI is InChI=1S/C28H22FN3O2S/c1-18-25(24-14-13-23(35-24)22-12-5-6-16-30-22)28(34)32(17-15-19-8-3-2-4-9-19)27(31-18)20-10-7-11-21(29)26(20)33/h2-14,16,33H,15,17H2,1H3. The first kappa shape index (κ1) is 22.7. The number of halogens is 1. The van der Waals surface area contributed by atoms with Crippen molar-refractivity contribution in [3.05, 3.63) is 112 Å². The Morgan fingerprint density at radius 1 is 0.943 bits per heavy atom. The third-order valence-electron chi connectivity index (χ3n) is 5.81. The molecule has 5 aromatic rings. The summed E-state index contributed by atoms with van der Waals surface area (Å²) in [5.41, 5.74) is 2.85. The molecule has 0 bridgehead atoms. The van der Waals surface area contributed by atoms with Gasteiger partial charge in [0.15, 0.2) is 11.6 Å². The Hall–Kier alpha value is -4.10. The van der Waals surface area contributed by atoms with Crippen LogP contribution in [0, 0.1) is 12.7 Å². The highest BCUT2D eigenvalue weighted by molar-refractivity contribution is 7.18. The van der Waals surface area contributed by atoms with Crippen LogP contribution in [0.15, 0.2) is 89.9 Å². The van der Waals surface area contributed by atoms with Crippen molar-refractivity contribution in [2.24, 2.45) is 0 Å². The Balaban J connectivity index is 1.65. The second-order valence-corrected chi connectivity index (χ2v) is 9.19. The monoisotopic (exact) mass is 483 g/mol. The van der Waals surface area contributed by atoms with Crippen LogP contribution in [0.25, 0.3) is 32.4 Å². The lowest BCUT2D eigenvalue weighted by molar-refractivity contribution is 0.433. The van der Waals surface area contributed by atoms with Crippen LogP contribution in [-0.2, 0) is 13.0 Å². The van der Waals surface area contributed by atoms with Gasteiger partial charge in [-0.3, -0.25) is 14.3 Å². The number of nitrogens with zero attached hydrogens (tertiary/aromatic N) is 3. The fourth-order valence-corrected chi connectivity index (χ4v) is 5.13. The molecule has 0 radical (unpaired) electrons. The van der Waals surface area contributed by atoms with E-state index in [1.54, 1.807) is 19.2 Å². The molecular formula is C28H22FN3O2S. The summed E-state index contributed by atoms with van der Waals surface area (Å²) < 4.78 is 15.7. The Labute approximate surface area is 205 Å². The molecule has 0 aliphatic carbocycles. The number of hydrogen-bond acceptors (Lipinski definition) is 5. The van der Waals surface area contributed by atoms with Crippen LogP contribution in [0.4, 0.5) is 4.39 Å². The molecule has 0 aliphatic rings. The van der Waals surface area contributed by atoms with Crippen LogP contribution in [0.5, 0.6) is 5.75 Å². The zero-order valence-electron chi connectivity index (χ0n) is 19.0. The fraction of sp³-hybridized carbons (Fsp3) is 0.107. The summed E-state index contributed by atoms with van der Waals surface area (Å²) in [6.45, 7) is 2.09. The highest BCUT2D eigenvalue weighted by atomic mass is 32.1. The molecule has 5 nitrogen and oxygen atoms in total. The van der Waals surface area contributed by atoms with Crippen molar-refractivity contribution in [3.63, 3.8) is 0 Å². The van der Waals surface area contributed by atoms with Gasteiger partial charge in [-0.05, 0) is 55.3 Å². The van der Waals surface area contributed by atoms with Crippen molar-refractivity contribution in [1.82, 2.24) is 14.5 Å². The number of rotatable bonds is 6. The summed E-state index contributed by atoms with van der Waals surface area (Å²) in [4.78, 5) is 24.7. The van der Waals surface area contributed by atoms with Crippen LogP contribution in [0.2, 0.25) is 0 Å². The van der Waals surface area contributed by atoms with Gasteiger partial charge in [0.25, 0.3) is 5.56 Å². The second kappa shape index (κ2) is 9.64. The van der Waals surface area contributed by atoms with Crippen molar-refractivity contribution in [2.75, 3.05) is 0 Å². The maximum absolute atomic E-state index is 14.2. The predicted octanol–water partition coefficient (Wildman–Crippen LogP) is 6.10. The summed E-state index contributed by atoms with van der Waals surface area (Å²) in [7, 11) is 0. The summed E-state index contributed by atoms with van der Waals surface area (Å²) in [5, 5.41) is 10.4. The van der Waals surface area contributed by atoms with Gasteiger partial charge in [-0.15, -0.1) is 11.3 Å². The van der Waals surface area contributed by atoms with E-state index in [0.29, 0.717) is 24.2 Å². The van der Waals surface area contributed by atoms with Gasteiger partial charge in [0.1, 0.15) is 5.82 Å². The van der Waals surface area contributed by atoms with Gasteiger partial charge in [0.2, 0.25) is 0 Å². The van der Waals surface area contributed by atoms with Crippen LogP contribution in [0.1, 0.15) is 11.3 Å². The zero-order chi connectivity index (χ0) is 24.4. The second-order valence-electron chi connectivity index (χ2n) is 8.10. The number of aryl methyl sites for hydroxylation is 2. The van der Waals surface area contributed by atoms with Crippen LogP contribution >= 0.6 is 11.3 Å². The molecule has 3 aromatic heterocycles. The Kier molecular flexibility index (Phi) is 6.25. The van der Waals surface area contributed by atoms with E-state index in [4.69, 9.17) is 4.98 Å². The Bertz CT molecular complexity index is 1550. The number of hydrogen-bond donors (Lipinski definition) is 1. The lowest BCUT2D eigenvalue weighted by Gasteiger charge is -2.16. The largest absolute Gasteiger partial charge is 0.504 e. The van der Waals surface area contributed by atoms with E-state index >= 15 is 0 Å². The van der Waals surface area contributed by atoms with E-state index in [9.17, 15) is 14.3 Å². The summed E-state index contributed by atoms with van der Waals surface area (Å²) >= 11 is 1.47. The molecule has 5 rings (SSSR count). The molecule has 3 heterocycles. The number of para-hydroxylation sites is 1. The van der Waals surface area contributed by atoms with Gasteiger partial charge in [0, 0.05) is 17.6 Å². The molecule has 7 heteroatoms. The molecule has 0 spiro atoms. The van der Waals surface area contributed by atoms with Gasteiger partial charge in [0.05, 0.1) is 27.4 Å². The number of phenols is 1. The average molecular weight is 484 g/mol. The van der Waals surface area contributed by atoms with Crippen LogP contribution < -0.4 is 5.56 Å². The number of aromatic nitrogens is 3. The number of pyridine rings is 1. The van der Waals surface area contributed by atoms with E-state index < -0.39 is 11.6 Å². The summed E-state index contributed by atoms with van der Waals surface area (Å²) in [6.07, 6.45) is 2.32. The van der Waals surface area contributed by atoms with Crippen LogP contribution in [-0.4, -0.2) is 19.6 Å². The van der Waals surface area contributed by atoms with E-state index in [0.717, 1.165) is 21.0 Å². The minimum atomic E-state index is -0.758. The zero-order valence-corrected chi connectivity index (χ0v) is 19.8. The minimum absolute atomic E-state index is 0.185. The van der Waals surface area contributed by atoms with Crippen LogP contribution in [0.3, 0.4) is 0 Å². The first-order chi connectivity index (χ1) is 17.0. The van der Waals surface area contributed by atoms with Crippen molar-refractivity contribution < 1.29 is 9.50 Å². The molecule has 35 heavy (non-hydrogen) atoms. The normalized spacial score (nSPS) is 11.0. The lowest BCUT2D eigenvalue weighted by Crippen LogP contribution is -2.27. The third kappa shape index (κ3) is 4.50. The van der Waals surface area contributed by atoms with E-state index in [1.165, 1.54) is 28.0 Å². The molecule has 2 aromatic carbocycles. The molecule has 0 saturated carbocycles. The van der Waals surface area contributed by atoms with E-state index in [-0.39, 0.29) is 16.9 Å². The highest BCUT2D eigenvalue weighted by Crippen LogP contribution is 2.35. The molecule has 0 saturated heterocycles. The smallest absolute Gasteiger partial charge is 0.262 e.